The van der Waals surface area contributed by atoms with Gasteiger partial charge in [-0.25, -0.2) is 4.98 Å². The molecule has 4 nitrogen and oxygen atoms in total. The Hall–Kier alpha value is -0.970. The fraction of sp³-hybridized carbons (Fsp3) is 0.733. The first-order chi connectivity index (χ1) is 9.52. The van der Waals surface area contributed by atoms with Gasteiger partial charge in [0.25, 0.3) is 0 Å². The van der Waals surface area contributed by atoms with E-state index >= 15 is 0 Å². The van der Waals surface area contributed by atoms with Gasteiger partial charge in [0.2, 0.25) is 0 Å². The first kappa shape index (κ1) is 15.4. The van der Waals surface area contributed by atoms with Gasteiger partial charge in [0.15, 0.2) is 5.16 Å². The van der Waals surface area contributed by atoms with Crippen molar-refractivity contribution >= 4 is 17.7 Å². The average molecular weight is 296 g/mol. The zero-order chi connectivity index (χ0) is 14.7. The summed E-state index contributed by atoms with van der Waals surface area (Å²) in [5.74, 6) is 0.806. The topological polar surface area (TPSA) is 55.1 Å². The summed E-state index contributed by atoms with van der Waals surface area (Å²) in [6.07, 6.45) is 6.45. The molecule has 2 rings (SSSR count). The van der Waals surface area contributed by atoms with Crippen LogP contribution in [0.5, 0.6) is 0 Å². The second-order valence-corrected chi connectivity index (χ2v) is 6.80. The van der Waals surface area contributed by atoms with E-state index in [-0.39, 0.29) is 5.75 Å². The Labute approximate surface area is 125 Å². The molecule has 0 radical (unpaired) electrons. The third-order valence-electron chi connectivity index (χ3n) is 4.46. The third kappa shape index (κ3) is 3.37. The lowest BCUT2D eigenvalue weighted by molar-refractivity contribution is -0.133. The van der Waals surface area contributed by atoms with Crippen LogP contribution < -0.4 is 0 Å². The number of aliphatic carboxylic acids is 1. The number of carboxylic acid groups (broad SMARTS) is 1. The Morgan fingerprint density at radius 3 is 2.80 bits per heavy atom. The van der Waals surface area contributed by atoms with Gasteiger partial charge >= 0.3 is 5.97 Å². The standard InChI is InChI=1S/C15H24N2O2S/c1-4-12-8-16-15(20-9-14(18)19)17(12)13-6-5-10(2)11(3)7-13/h8,10-11,13H,4-7,9H2,1-3H3,(H,18,19). The average Bonchev–Trinajstić information content (AvgIpc) is 2.82. The zero-order valence-corrected chi connectivity index (χ0v) is 13.3. The predicted molar refractivity (Wildman–Crippen MR) is 81.2 cm³/mol. The van der Waals surface area contributed by atoms with E-state index in [2.05, 4.69) is 30.3 Å². The number of rotatable bonds is 5. The molecule has 1 N–H and O–H groups in total. The minimum atomic E-state index is -0.784. The Morgan fingerprint density at radius 1 is 1.45 bits per heavy atom. The molecule has 0 spiro atoms. The normalized spacial score (nSPS) is 26.6. The Kier molecular flexibility index (Phi) is 5.13. The maximum absolute atomic E-state index is 10.8. The highest BCUT2D eigenvalue weighted by atomic mass is 32.2. The zero-order valence-electron chi connectivity index (χ0n) is 12.5. The van der Waals surface area contributed by atoms with Crippen molar-refractivity contribution in [2.45, 2.75) is 57.7 Å². The van der Waals surface area contributed by atoms with Crippen LogP contribution in [-0.2, 0) is 11.2 Å². The van der Waals surface area contributed by atoms with Gasteiger partial charge in [-0.05, 0) is 37.5 Å². The first-order valence-electron chi connectivity index (χ1n) is 7.43. The van der Waals surface area contributed by atoms with E-state index in [0.717, 1.165) is 23.4 Å². The van der Waals surface area contributed by atoms with Crippen LogP contribution >= 0.6 is 11.8 Å². The molecular formula is C15H24N2O2S. The minimum absolute atomic E-state index is 0.0822. The summed E-state index contributed by atoms with van der Waals surface area (Å²) in [6.45, 7) is 6.78. The molecule has 0 aliphatic heterocycles. The summed E-state index contributed by atoms with van der Waals surface area (Å²) in [5, 5.41) is 9.73. The van der Waals surface area contributed by atoms with E-state index in [1.165, 1.54) is 36.7 Å². The van der Waals surface area contributed by atoms with Gasteiger partial charge in [-0.2, -0.15) is 0 Å². The van der Waals surface area contributed by atoms with Gasteiger partial charge in [0, 0.05) is 17.9 Å². The van der Waals surface area contributed by atoms with Crippen molar-refractivity contribution in [1.82, 2.24) is 9.55 Å². The van der Waals surface area contributed by atoms with Crippen molar-refractivity contribution in [2.24, 2.45) is 11.8 Å². The second kappa shape index (κ2) is 6.66. The molecular weight excluding hydrogens is 272 g/mol. The number of aromatic nitrogens is 2. The lowest BCUT2D eigenvalue weighted by Crippen LogP contribution is -2.25. The summed E-state index contributed by atoms with van der Waals surface area (Å²) < 4.78 is 2.30. The largest absolute Gasteiger partial charge is 0.481 e. The summed E-state index contributed by atoms with van der Waals surface area (Å²) in [7, 11) is 0. The highest BCUT2D eigenvalue weighted by Gasteiger charge is 2.28. The van der Waals surface area contributed by atoms with Gasteiger partial charge in [0.1, 0.15) is 0 Å². The maximum Gasteiger partial charge on any atom is 0.313 e. The number of hydrogen-bond acceptors (Lipinski definition) is 3. The van der Waals surface area contributed by atoms with Crippen LogP contribution in [0.3, 0.4) is 0 Å². The smallest absolute Gasteiger partial charge is 0.313 e. The summed E-state index contributed by atoms with van der Waals surface area (Å²) in [6, 6.07) is 0.481. The molecule has 1 saturated carbocycles. The summed E-state index contributed by atoms with van der Waals surface area (Å²) >= 11 is 1.34. The van der Waals surface area contributed by atoms with Crippen molar-refractivity contribution in [2.75, 3.05) is 5.75 Å². The van der Waals surface area contributed by atoms with Gasteiger partial charge < -0.3 is 9.67 Å². The maximum atomic E-state index is 10.8. The lowest BCUT2D eigenvalue weighted by Gasteiger charge is -2.34. The van der Waals surface area contributed by atoms with Crippen LogP contribution in [0.2, 0.25) is 0 Å². The SMILES string of the molecule is CCc1cnc(SCC(=O)O)n1C1CCC(C)C(C)C1. The van der Waals surface area contributed by atoms with Gasteiger partial charge in [-0.3, -0.25) is 4.79 Å². The molecule has 3 atom stereocenters. The number of hydrogen-bond donors (Lipinski definition) is 1. The van der Waals surface area contributed by atoms with Crippen molar-refractivity contribution < 1.29 is 9.90 Å². The number of thioether (sulfide) groups is 1. The van der Waals surface area contributed by atoms with Crippen LogP contribution in [-0.4, -0.2) is 26.4 Å². The quantitative estimate of drug-likeness (QED) is 0.843. The van der Waals surface area contributed by atoms with Crippen LogP contribution in [0, 0.1) is 11.8 Å². The minimum Gasteiger partial charge on any atom is -0.481 e. The highest BCUT2D eigenvalue weighted by molar-refractivity contribution is 7.99. The first-order valence-corrected chi connectivity index (χ1v) is 8.42. The number of carboxylic acids is 1. The molecule has 1 aromatic heterocycles. The van der Waals surface area contributed by atoms with Gasteiger partial charge in [0.05, 0.1) is 5.75 Å². The third-order valence-corrected chi connectivity index (χ3v) is 5.41. The summed E-state index contributed by atoms with van der Waals surface area (Å²) in [4.78, 5) is 15.2. The molecule has 1 aromatic rings. The van der Waals surface area contributed by atoms with E-state index in [1.807, 2.05) is 6.20 Å². The van der Waals surface area contributed by atoms with Crippen LogP contribution in [0.15, 0.2) is 11.4 Å². The molecule has 1 aliphatic rings. The van der Waals surface area contributed by atoms with E-state index < -0.39 is 5.97 Å². The molecule has 1 fully saturated rings. The highest BCUT2D eigenvalue weighted by Crippen LogP contribution is 2.38. The van der Waals surface area contributed by atoms with E-state index in [9.17, 15) is 4.79 Å². The van der Waals surface area contributed by atoms with Gasteiger partial charge in [-0.15, -0.1) is 0 Å². The molecule has 3 unspecified atom stereocenters. The predicted octanol–water partition coefficient (Wildman–Crippen LogP) is 3.62. The fourth-order valence-corrected chi connectivity index (χ4v) is 3.80. The Balaban J connectivity index is 2.19. The number of carbonyl (C=O) groups is 1. The lowest BCUT2D eigenvalue weighted by atomic mass is 9.79. The fourth-order valence-electron chi connectivity index (χ4n) is 3.02. The van der Waals surface area contributed by atoms with Crippen molar-refractivity contribution in [3.63, 3.8) is 0 Å². The molecule has 0 bridgehead atoms. The Morgan fingerprint density at radius 2 is 2.20 bits per heavy atom. The second-order valence-electron chi connectivity index (χ2n) is 5.86. The molecule has 0 aromatic carbocycles. The van der Waals surface area contributed by atoms with Crippen molar-refractivity contribution in [3.8, 4) is 0 Å². The molecule has 0 amide bonds. The number of aryl methyl sites for hydroxylation is 1. The number of imidazole rings is 1. The van der Waals surface area contributed by atoms with E-state index in [4.69, 9.17) is 5.11 Å². The van der Waals surface area contributed by atoms with Crippen molar-refractivity contribution in [3.05, 3.63) is 11.9 Å². The van der Waals surface area contributed by atoms with E-state index in [0.29, 0.717) is 6.04 Å². The molecule has 20 heavy (non-hydrogen) atoms. The molecule has 1 heterocycles. The molecule has 0 saturated heterocycles. The molecule has 5 heteroatoms. The van der Waals surface area contributed by atoms with Crippen LogP contribution in [0.4, 0.5) is 0 Å². The summed E-state index contributed by atoms with van der Waals surface area (Å²) in [5.41, 5.74) is 1.23. The van der Waals surface area contributed by atoms with Crippen molar-refractivity contribution in [1.29, 1.82) is 0 Å². The Bertz CT molecular complexity index is 472. The van der Waals surface area contributed by atoms with Gasteiger partial charge in [-0.1, -0.05) is 32.5 Å². The van der Waals surface area contributed by atoms with Crippen LogP contribution in [0.1, 0.15) is 51.8 Å². The van der Waals surface area contributed by atoms with Crippen LogP contribution in [0.25, 0.3) is 0 Å². The molecule has 112 valence electrons. The number of nitrogens with zero attached hydrogens (tertiary/aromatic N) is 2. The van der Waals surface area contributed by atoms with E-state index in [1.54, 1.807) is 0 Å². The monoisotopic (exact) mass is 296 g/mol. The molecule has 1 aliphatic carbocycles.